The lowest BCUT2D eigenvalue weighted by Crippen LogP contribution is -2.28. The molecule has 0 aliphatic heterocycles. The van der Waals surface area contributed by atoms with E-state index in [2.05, 4.69) is 19.2 Å². The molecule has 0 saturated heterocycles. The second kappa shape index (κ2) is 4.82. The van der Waals surface area contributed by atoms with Crippen molar-refractivity contribution >= 4 is 11.6 Å². The highest BCUT2D eigenvalue weighted by atomic mass is 16.1. The minimum atomic E-state index is -0.0927. The van der Waals surface area contributed by atoms with E-state index in [0.717, 1.165) is 5.56 Å². The third kappa shape index (κ3) is 2.98. The number of rotatable bonds is 3. The van der Waals surface area contributed by atoms with Crippen LogP contribution < -0.4 is 11.1 Å². The molecule has 82 valence electrons. The molecule has 1 aromatic rings. The molecule has 0 radical (unpaired) electrons. The van der Waals surface area contributed by atoms with Crippen LogP contribution in [0, 0.1) is 12.8 Å². The molecular formula is C12H18N2O. The summed E-state index contributed by atoms with van der Waals surface area (Å²) < 4.78 is 0. The first kappa shape index (κ1) is 11.6. The second-order valence-electron chi connectivity index (χ2n) is 4.14. The first-order chi connectivity index (χ1) is 7.02. The van der Waals surface area contributed by atoms with Crippen molar-refractivity contribution < 1.29 is 4.79 Å². The van der Waals surface area contributed by atoms with Gasteiger partial charge in [0.1, 0.15) is 0 Å². The Morgan fingerprint density at radius 3 is 2.73 bits per heavy atom. The number of aryl methyl sites for hydroxylation is 1. The van der Waals surface area contributed by atoms with Crippen molar-refractivity contribution in [3.05, 3.63) is 29.3 Å². The fraction of sp³-hybridized carbons (Fsp3) is 0.417. The Morgan fingerprint density at radius 1 is 1.47 bits per heavy atom. The molecule has 1 rings (SSSR count). The summed E-state index contributed by atoms with van der Waals surface area (Å²) in [5.74, 6) is 0.352. The smallest absolute Gasteiger partial charge is 0.253 e. The van der Waals surface area contributed by atoms with E-state index in [-0.39, 0.29) is 5.91 Å². The van der Waals surface area contributed by atoms with Gasteiger partial charge in [-0.2, -0.15) is 0 Å². The number of anilines is 1. The molecule has 0 unspecified atom stereocenters. The number of carbonyl (C=O) groups is 1. The topological polar surface area (TPSA) is 55.1 Å². The van der Waals surface area contributed by atoms with E-state index in [0.29, 0.717) is 23.7 Å². The molecule has 0 aliphatic carbocycles. The van der Waals surface area contributed by atoms with Crippen LogP contribution in [-0.2, 0) is 0 Å². The molecule has 0 bridgehead atoms. The van der Waals surface area contributed by atoms with Gasteiger partial charge >= 0.3 is 0 Å². The Labute approximate surface area is 90.7 Å². The summed E-state index contributed by atoms with van der Waals surface area (Å²) in [6, 6.07) is 5.49. The Bertz CT molecular complexity index is 359. The molecule has 1 amide bonds. The number of nitrogens with two attached hydrogens (primary N) is 1. The number of benzene rings is 1. The Kier molecular flexibility index (Phi) is 3.72. The van der Waals surface area contributed by atoms with Gasteiger partial charge in [0.25, 0.3) is 5.91 Å². The number of nitrogen functional groups attached to an aromatic ring is 1. The summed E-state index contributed by atoms with van der Waals surface area (Å²) in [7, 11) is 0. The molecule has 15 heavy (non-hydrogen) atoms. The Morgan fingerprint density at radius 2 is 2.13 bits per heavy atom. The van der Waals surface area contributed by atoms with Crippen LogP contribution in [0.2, 0.25) is 0 Å². The van der Waals surface area contributed by atoms with E-state index < -0.39 is 0 Å². The highest BCUT2D eigenvalue weighted by Gasteiger charge is 2.10. The SMILES string of the molecule is Cc1cccc(C(=O)NCC(C)C)c1N. The van der Waals surface area contributed by atoms with Crippen molar-refractivity contribution in [2.75, 3.05) is 12.3 Å². The molecule has 3 heteroatoms. The average Bonchev–Trinajstić information content (AvgIpc) is 2.18. The minimum Gasteiger partial charge on any atom is -0.398 e. The van der Waals surface area contributed by atoms with Crippen LogP contribution in [0.3, 0.4) is 0 Å². The zero-order valence-electron chi connectivity index (χ0n) is 9.50. The van der Waals surface area contributed by atoms with Crippen molar-refractivity contribution in [2.24, 2.45) is 5.92 Å². The van der Waals surface area contributed by atoms with Crippen LogP contribution in [0.25, 0.3) is 0 Å². The van der Waals surface area contributed by atoms with Gasteiger partial charge in [-0.15, -0.1) is 0 Å². The minimum absolute atomic E-state index is 0.0927. The Balaban J connectivity index is 2.78. The Hall–Kier alpha value is -1.51. The van der Waals surface area contributed by atoms with Crippen molar-refractivity contribution in [3.63, 3.8) is 0 Å². The highest BCUT2D eigenvalue weighted by Crippen LogP contribution is 2.16. The molecular weight excluding hydrogens is 188 g/mol. The first-order valence-electron chi connectivity index (χ1n) is 5.15. The number of nitrogens with one attached hydrogen (secondary N) is 1. The fourth-order valence-electron chi connectivity index (χ4n) is 1.27. The zero-order chi connectivity index (χ0) is 11.4. The molecule has 0 aromatic heterocycles. The van der Waals surface area contributed by atoms with Gasteiger partial charge in [0.15, 0.2) is 0 Å². The van der Waals surface area contributed by atoms with E-state index in [1.54, 1.807) is 6.07 Å². The lowest BCUT2D eigenvalue weighted by molar-refractivity contribution is 0.0950. The molecule has 0 fully saturated rings. The average molecular weight is 206 g/mol. The normalized spacial score (nSPS) is 10.4. The number of carbonyl (C=O) groups excluding carboxylic acids is 1. The number of para-hydroxylation sites is 1. The molecule has 0 spiro atoms. The number of hydrogen-bond acceptors (Lipinski definition) is 2. The van der Waals surface area contributed by atoms with Crippen molar-refractivity contribution in [1.29, 1.82) is 0 Å². The van der Waals surface area contributed by atoms with Crippen LogP contribution in [-0.4, -0.2) is 12.5 Å². The van der Waals surface area contributed by atoms with E-state index in [1.807, 2.05) is 19.1 Å². The lowest BCUT2D eigenvalue weighted by Gasteiger charge is -2.10. The quantitative estimate of drug-likeness (QED) is 0.743. The molecule has 0 aliphatic rings. The third-order valence-electron chi connectivity index (χ3n) is 2.24. The van der Waals surface area contributed by atoms with Gasteiger partial charge in [-0.3, -0.25) is 4.79 Å². The molecule has 0 heterocycles. The summed E-state index contributed by atoms with van der Waals surface area (Å²) in [5.41, 5.74) is 7.90. The number of amides is 1. The van der Waals surface area contributed by atoms with Crippen LogP contribution in [0.4, 0.5) is 5.69 Å². The first-order valence-corrected chi connectivity index (χ1v) is 5.15. The maximum absolute atomic E-state index is 11.7. The van der Waals surface area contributed by atoms with Crippen molar-refractivity contribution in [3.8, 4) is 0 Å². The van der Waals surface area contributed by atoms with Crippen LogP contribution in [0.15, 0.2) is 18.2 Å². The van der Waals surface area contributed by atoms with Gasteiger partial charge in [-0.25, -0.2) is 0 Å². The van der Waals surface area contributed by atoms with E-state index >= 15 is 0 Å². The van der Waals surface area contributed by atoms with Gasteiger partial charge in [0.2, 0.25) is 0 Å². The zero-order valence-corrected chi connectivity index (χ0v) is 9.50. The predicted octanol–water partition coefficient (Wildman–Crippen LogP) is 1.96. The summed E-state index contributed by atoms with van der Waals surface area (Å²) in [5, 5.41) is 2.85. The van der Waals surface area contributed by atoms with E-state index in [9.17, 15) is 4.79 Å². The van der Waals surface area contributed by atoms with E-state index in [1.165, 1.54) is 0 Å². The van der Waals surface area contributed by atoms with Gasteiger partial charge in [0, 0.05) is 12.2 Å². The predicted molar refractivity (Wildman–Crippen MR) is 62.8 cm³/mol. The monoisotopic (exact) mass is 206 g/mol. The summed E-state index contributed by atoms with van der Waals surface area (Å²) >= 11 is 0. The fourth-order valence-corrected chi connectivity index (χ4v) is 1.27. The molecule has 0 saturated carbocycles. The maximum atomic E-state index is 11.7. The van der Waals surface area contributed by atoms with Crippen LogP contribution >= 0.6 is 0 Å². The molecule has 1 aromatic carbocycles. The van der Waals surface area contributed by atoms with Crippen molar-refractivity contribution in [2.45, 2.75) is 20.8 Å². The number of hydrogen-bond donors (Lipinski definition) is 2. The lowest BCUT2D eigenvalue weighted by atomic mass is 10.1. The summed E-state index contributed by atoms with van der Waals surface area (Å²) in [6.07, 6.45) is 0. The van der Waals surface area contributed by atoms with Crippen molar-refractivity contribution in [1.82, 2.24) is 5.32 Å². The van der Waals surface area contributed by atoms with Crippen LogP contribution in [0.5, 0.6) is 0 Å². The van der Waals surface area contributed by atoms with Gasteiger partial charge in [-0.05, 0) is 24.5 Å². The maximum Gasteiger partial charge on any atom is 0.253 e. The largest absolute Gasteiger partial charge is 0.398 e. The highest BCUT2D eigenvalue weighted by molar-refractivity contribution is 5.99. The molecule has 3 N–H and O–H groups in total. The van der Waals surface area contributed by atoms with Gasteiger partial charge in [0.05, 0.1) is 5.56 Å². The summed E-state index contributed by atoms with van der Waals surface area (Å²) in [4.78, 5) is 11.7. The second-order valence-corrected chi connectivity index (χ2v) is 4.14. The molecule has 3 nitrogen and oxygen atoms in total. The molecule has 0 atom stereocenters. The standard InChI is InChI=1S/C12H18N2O/c1-8(2)7-14-12(15)10-6-4-5-9(3)11(10)13/h4-6,8H,7,13H2,1-3H3,(H,14,15). The van der Waals surface area contributed by atoms with E-state index in [4.69, 9.17) is 5.73 Å². The van der Waals surface area contributed by atoms with Crippen LogP contribution in [0.1, 0.15) is 29.8 Å². The third-order valence-corrected chi connectivity index (χ3v) is 2.24. The van der Waals surface area contributed by atoms with Gasteiger partial charge in [-0.1, -0.05) is 26.0 Å². The summed E-state index contributed by atoms with van der Waals surface area (Å²) in [6.45, 7) is 6.68. The van der Waals surface area contributed by atoms with Gasteiger partial charge < -0.3 is 11.1 Å².